The van der Waals surface area contributed by atoms with Crippen molar-refractivity contribution < 1.29 is 13.5 Å². The van der Waals surface area contributed by atoms with E-state index < -0.39 is 10.0 Å². The van der Waals surface area contributed by atoms with Crippen LogP contribution in [0.25, 0.3) is 0 Å². The van der Waals surface area contributed by atoms with Gasteiger partial charge in [0.05, 0.1) is 6.61 Å². The molecule has 0 aliphatic carbocycles. The maximum atomic E-state index is 12.3. The molecular formula is C11H12BrNO3S3. The third kappa shape index (κ3) is 3.45. The minimum Gasteiger partial charge on any atom is -0.391 e. The molecule has 2 rings (SSSR count). The summed E-state index contributed by atoms with van der Waals surface area (Å²) < 4.78 is 27.2. The van der Waals surface area contributed by atoms with Crippen LogP contribution in [0.1, 0.15) is 9.75 Å². The molecule has 0 aliphatic rings. The van der Waals surface area contributed by atoms with E-state index in [0.717, 1.165) is 20.7 Å². The van der Waals surface area contributed by atoms with Gasteiger partial charge in [-0.1, -0.05) is 0 Å². The van der Waals surface area contributed by atoms with Gasteiger partial charge >= 0.3 is 0 Å². The van der Waals surface area contributed by atoms with Crippen molar-refractivity contribution in [3.05, 3.63) is 37.8 Å². The van der Waals surface area contributed by atoms with E-state index in [-0.39, 0.29) is 10.8 Å². The zero-order valence-corrected chi connectivity index (χ0v) is 14.1. The van der Waals surface area contributed by atoms with E-state index in [4.69, 9.17) is 5.11 Å². The molecule has 0 fully saturated rings. The number of sulfonamides is 1. The summed E-state index contributed by atoms with van der Waals surface area (Å²) in [5.41, 5.74) is 0. The highest BCUT2D eigenvalue weighted by atomic mass is 79.9. The van der Waals surface area contributed by atoms with Crippen LogP contribution in [-0.2, 0) is 23.2 Å². The maximum Gasteiger partial charge on any atom is 0.252 e. The number of rotatable bonds is 5. The van der Waals surface area contributed by atoms with E-state index in [0.29, 0.717) is 11.4 Å². The van der Waals surface area contributed by atoms with Crippen molar-refractivity contribution in [2.24, 2.45) is 0 Å². The van der Waals surface area contributed by atoms with Crippen LogP contribution < -0.4 is 0 Å². The molecular weight excluding hydrogens is 370 g/mol. The van der Waals surface area contributed by atoms with Crippen LogP contribution in [0.15, 0.2) is 32.3 Å². The van der Waals surface area contributed by atoms with Crippen molar-refractivity contribution in [3.8, 4) is 0 Å². The molecule has 0 atom stereocenters. The smallest absolute Gasteiger partial charge is 0.252 e. The highest BCUT2D eigenvalue weighted by Gasteiger charge is 2.23. The van der Waals surface area contributed by atoms with Gasteiger partial charge in [0.2, 0.25) is 0 Å². The van der Waals surface area contributed by atoms with E-state index in [1.807, 2.05) is 11.4 Å². The molecule has 8 heteroatoms. The van der Waals surface area contributed by atoms with E-state index in [1.54, 1.807) is 13.1 Å². The van der Waals surface area contributed by atoms with Crippen molar-refractivity contribution in [1.29, 1.82) is 0 Å². The second-order valence-electron chi connectivity index (χ2n) is 3.87. The van der Waals surface area contributed by atoms with Gasteiger partial charge in [0.15, 0.2) is 0 Å². The molecule has 19 heavy (non-hydrogen) atoms. The highest BCUT2D eigenvalue weighted by molar-refractivity contribution is 9.10. The first-order chi connectivity index (χ1) is 8.93. The van der Waals surface area contributed by atoms with Gasteiger partial charge in [-0.15, -0.1) is 22.7 Å². The third-order valence-electron chi connectivity index (χ3n) is 2.46. The molecule has 2 aromatic heterocycles. The quantitative estimate of drug-likeness (QED) is 0.865. The van der Waals surface area contributed by atoms with Crippen LogP contribution in [0.3, 0.4) is 0 Å². The predicted molar refractivity (Wildman–Crippen MR) is 80.9 cm³/mol. The fraction of sp³-hybridized carbons (Fsp3) is 0.273. The maximum absolute atomic E-state index is 12.3. The first-order valence-corrected chi connectivity index (χ1v) is 9.25. The fourth-order valence-corrected chi connectivity index (χ4v) is 5.64. The first-order valence-electron chi connectivity index (χ1n) is 5.32. The Morgan fingerprint density at radius 3 is 2.63 bits per heavy atom. The number of nitrogens with zero attached hydrogens (tertiary/aromatic N) is 1. The van der Waals surface area contributed by atoms with Gasteiger partial charge in [-0.05, 0) is 34.1 Å². The molecule has 0 radical (unpaired) electrons. The van der Waals surface area contributed by atoms with Crippen molar-refractivity contribution in [2.45, 2.75) is 17.4 Å². The molecule has 0 spiro atoms. The second kappa shape index (κ2) is 6.02. The largest absolute Gasteiger partial charge is 0.391 e. The summed E-state index contributed by atoms with van der Waals surface area (Å²) in [4.78, 5) is 1.61. The summed E-state index contributed by atoms with van der Waals surface area (Å²) in [6, 6.07) is 5.07. The highest BCUT2D eigenvalue weighted by Crippen LogP contribution is 2.27. The summed E-state index contributed by atoms with van der Waals surface area (Å²) in [6.45, 7) is 0.201. The van der Waals surface area contributed by atoms with Crippen LogP contribution in [-0.4, -0.2) is 24.9 Å². The van der Waals surface area contributed by atoms with Gasteiger partial charge in [0, 0.05) is 33.2 Å². The number of halogens is 1. The number of hydrogen-bond donors (Lipinski definition) is 1. The number of hydrogen-bond acceptors (Lipinski definition) is 5. The Labute approximate surface area is 128 Å². The van der Waals surface area contributed by atoms with Crippen molar-refractivity contribution in [3.63, 3.8) is 0 Å². The van der Waals surface area contributed by atoms with Gasteiger partial charge in [-0.2, -0.15) is 4.31 Å². The Balaban J connectivity index is 2.19. The topological polar surface area (TPSA) is 57.6 Å². The SMILES string of the molecule is CN(Cc1cc(Br)cs1)S(=O)(=O)c1ccc(CO)s1. The minimum absolute atomic E-state index is 0.137. The van der Waals surface area contributed by atoms with E-state index >= 15 is 0 Å². The molecule has 104 valence electrons. The molecule has 2 heterocycles. The van der Waals surface area contributed by atoms with Gasteiger partial charge in [-0.25, -0.2) is 8.42 Å². The molecule has 1 N–H and O–H groups in total. The molecule has 0 unspecified atom stereocenters. The summed E-state index contributed by atoms with van der Waals surface area (Å²) in [5.74, 6) is 0. The summed E-state index contributed by atoms with van der Waals surface area (Å²) in [7, 11) is -1.93. The Morgan fingerprint density at radius 2 is 2.11 bits per heavy atom. The van der Waals surface area contributed by atoms with Crippen LogP contribution in [0.2, 0.25) is 0 Å². The number of aliphatic hydroxyl groups is 1. The predicted octanol–water partition coefficient (Wildman–Crippen LogP) is 2.89. The lowest BCUT2D eigenvalue weighted by atomic mass is 10.5. The van der Waals surface area contributed by atoms with Gasteiger partial charge in [-0.3, -0.25) is 0 Å². The van der Waals surface area contributed by atoms with Crippen LogP contribution >= 0.6 is 38.6 Å². The van der Waals surface area contributed by atoms with Gasteiger partial charge < -0.3 is 5.11 Å². The Bertz CT molecular complexity index is 662. The van der Waals surface area contributed by atoms with Crippen molar-refractivity contribution >= 4 is 48.6 Å². The normalized spacial score (nSPS) is 12.2. The van der Waals surface area contributed by atoms with Crippen LogP contribution in [0.5, 0.6) is 0 Å². The van der Waals surface area contributed by atoms with Gasteiger partial charge in [0.1, 0.15) is 4.21 Å². The average Bonchev–Trinajstić information content (AvgIpc) is 2.98. The Kier molecular flexibility index (Phi) is 4.80. The molecule has 0 aliphatic heterocycles. The lowest BCUT2D eigenvalue weighted by molar-refractivity contribution is 0.285. The molecule has 4 nitrogen and oxygen atoms in total. The molecule has 0 aromatic carbocycles. The molecule has 0 saturated heterocycles. The molecule has 0 amide bonds. The third-order valence-corrected chi connectivity index (χ3v) is 7.48. The summed E-state index contributed by atoms with van der Waals surface area (Å²) in [5, 5.41) is 10.9. The first kappa shape index (κ1) is 15.1. The Morgan fingerprint density at radius 1 is 1.37 bits per heavy atom. The average molecular weight is 382 g/mol. The summed E-state index contributed by atoms with van der Waals surface area (Å²) >= 11 is 5.95. The van der Waals surface area contributed by atoms with E-state index in [9.17, 15) is 8.42 Å². The monoisotopic (exact) mass is 381 g/mol. The van der Waals surface area contributed by atoms with Gasteiger partial charge in [0.25, 0.3) is 10.0 Å². The number of thiophene rings is 2. The van der Waals surface area contributed by atoms with E-state index in [1.165, 1.54) is 21.7 Å². The minimum atomic E-state index is -3.49. The lowest BCUT2D eigenvalue weighted by Gasteiger charge is -2.14. The molecule has 0 bridgehead atoms. The zero-order chi connectivity index (χ0) is 14.0. The molecule has 0 saturated carbocycles. The summed E-state index contributed by atoms with van der Waals surface area (Å²) in [6.07, 6.45) is 0. The van der Waals surface area contributed by atoms with Crippen molar-refractivity contribution in [2.75, 3.05) is 7.05 Å². The fourth-order valence-electron chi connectivity index (χ4n) is 1.48. The van der Waals surface area contributed by atoms with E-state index in [2.05, 4.69) is 15.9 Å². The van der Waals surface area contributed by atoms with Crippen LogP contribution in [0.4, 0.5) is 0 Å². The molecule has 2 aromatic rings. The Hall–Kier alpha value is -0.250. The number of aliphatic hydroxyl groups excluding tert-OH is 1. The second-order valence-corrected chi connectivity index (χ2v) is 9.22. The van der Waals surface area contributed by atoms with Crippen molar-refractivity contribution in [1.82, 2.24) is 4.31 Å². The standard InChI is InChI=1S/C11H12BrNO3S3/c1-13(5-10-4-8(12)7-17-10)19(15,16)11-3-2-9(6-14)18-11/h2-4,7,14H,5-6H2,1H3. The zero-order valence-electron chi connectivity index (χ0n) is 10.0. The lowest BCUT2D eigenvalue weighted by Crippen LogP contribution is -2.25. The van der Waals surface area contributed by atoms with Crippen LogP contribution in [0, 0.1) is 0 Å².